The highest BCUT2D eigenvalue weighted by Gasteiger charge is 2.47. The van der Waals surface area contributed by atoms with E-state index in [1.807, 2.05) is 0 Å². The molecule has 3 bridgehead atoms. The molecule has 3 aliphatic carbocycles. The summed E-state index contributed by atoms with van der Waals surface area (Å²) in [7, 11) is 1.21. The van der Waals surface area contributed by atoms with Gasteiger partial charge in [0.25, 0.3) is 5.91 Å². The summed E-state index contributed by atoms with van der Waals surface area (Å²) in [6.07, 6.45) is 3.28. The lowest BCUT2D eigenvalue weighted by atomic mass is 9.80. The summed E-state index contributed by atoms with van der Waals surface area (Å²) in [5, 5.41) is 6.56. The Hall–Kier alpha value is -1.53. The van der Waals surface area contributed by atoms with E-state index >= 15 is 0 Å². The molecule has 3 fully saturated rings. The Morgan fingerprint density at radius 1 is 1.21 bits per heavy atom. The van der Waals surface area contributed by atoms with Gasteiger partial charge in [0.2, 0.25) is 0 Å². The van der Waals surface area contributed by atoms with Crippen LogP contribution < -0.4 is 5.32 Å². The van der Waals surface area contributed by atoms with Gasteiger partial charge >= 0.3 is 6.18 Å². The number of carbonyl (C=O) groups is 1. The summed E-state index contributed by atoms with van der Waals surface area (Å²) in [4.78, 5) is 12.5. The van der Waals surface area contributed by atoms with Crippen molar-refractivity contribution in [1.29, 1.82) is 0 Å². The minimum absolute atomic E-state index is 0.000843. The molecule has 1 amide bonds. The highest BCUT2D eigenvalue weighted by molar-refractivity contribution is 5.95. The Balaban J connectivity index is 1.55. The van der Waals surface area contributed by atoms with E-state index in [4.69, 9.17) is 0 Å². The number of amides is 1. The van der Waals surface area contributed by atoms with E-state index in [9.17, 15) is 18.0 Å². The molecule has 4 nitrogen and oxygen atoms in total. The van der Waals surface area contributed by atoms with E-state index in [0.29, 0.717) is 11.8 Å². The maximum Gasteiger partial charge on any atom is 0.433 e. The fourth-order valence-electron chi connectivity index (χ4n) is 5.46. The molecular formula is C17H22F3N3O. The van der Waals surface area contributed by atoms with Crippen LogP contribution in [0.5, 0.6) is 0 Å². The molecule has 132 valence electrons. The number of aromatic nitrogens is 2. The summed E-state index contributed by atoms with van der Waals surface area (Å²) in [6, 6.07) is -0.000843. The van der Waals surface area contributed by atoms with Gasteiger partial charge in [0.15, 0.2) is 5.69 Å². The van der Waals surface area contributed by atoms with Crippen molar-refractivity contribution in [3.05, 3.63) is 17.5 Å². The highest BCUT2D eigenvalue weighted by atomic mass is 19.4. The van der Waals surface area contributed by atoms with Crippen LogP contribution in [-0.4, -0.2) is 21.7 Å². The highest BCUT2D eigenvalue weighted by Crippen LogP contribution is 2.53. The summed E-state index contributed by atoms with van der Waals surface area (Å²) in [6.45, 7) is 0. The molecule has 3 saturated carbocycles. The molecule has 24 heavy (non-hydrogen) atoms. The fraction of sp³-hybridized carbons (Fsp3) is 0.765. The molecule has 0 saturated heterocycles. The summed E-state index contributed by atoms with van der Waals surface area (Å²) in [5.74, 6) is 1.92. The number of fused-ring (bicyclic) bond motifs is 2. The second-order valence-corrected chi connectivity index (χ2v) is 7.78. The average Bonchev–Trinajstić information content (AvgIpc) is 2.99. The number of nitrogens with zero attached hydrogens (tertiary/aromatic N) is 2. The molecule has 1 aromatic heterocycles. The van der Waals surface area contributed by atoms with Crippen LogP contribution in [0, 0.1) is 23.7 Å². The number of hydrogen-bond donors (Lipinski definition) is 1. The van der Waals surface area contributed by atoms with Crippen LogP contribution in [0.4, 0.5) is 13.2 Å². The Labute approximate surface area is 138 Å². The van der Waals surface area contributed by atoms with Gasteiger partial charge in [-0.1, -0.05) is 0 Å². The van der Waals surface area contributed by atoms with Gasteiger partial charge in [0.1, 0.15) is 0 Å². The molecule has 1 aromatic rings. The molecular weight excluding hydrogens is 319 g/mol. The average molecular weight is 341 g/mol. The number of aryl methyl sites for hydroxylation is 1. The third kappa shape index (κ3) is 2.62. The first-order valence-corrected chi connectivity index (χ1v) is 8.73. The second-order valence-electron chi connectivity index (χ2n) is 7.78. The molecule has 3 aliphatic rings. The van der Waals surface area contributed by atoms with Crippen molar-refractivity contribution < 1.29 is 18.0 Å². The lowest BCUT2D eigenvalue weighted by molar-refractivity contribution is -0.144. The number of hydrogen-bond acceptors (Lipinski definition) is 2. The van der Waals surface area contributed by atoms with E-state index < -0.39 is 17.8 Å². The zero-order chi connectivity index (χ0) is 17.1. The molecule has 7 heteroatoms. The fourth-order valence-corrected chi connectivity index (χ4v) is 5.46. The van der Waals surface area contributed by atoms with Gasteiger partial charge in [-0.25, -0.2) is 0 Å². The van der Waals surface area contributed by atoms with Gasteiger partial charge in [0, 0.05) is 13.1 Å². The predicted octanol–water partition coefficient (Wildman–Crippen LogP) is 3.38. The van der Waals surface area contributed by atoms with Crippen molar-refractivity contribution in [3.8, 4) is 0 Å². The van der Waals surface area contributed by atoms with Gasteiger partial charge in [-0.2, -0.15) is 18.3 Å². The first-order chi connectivity index (χ1) is 11.3. The van der Waals surface area contributed by atoms with Crippen molar-refractivity contribution in [2.75, 3.05) is 0 Å². The number of carbonyl (C=O) groups excluding carboxylic acids is 1. The molecule has 5 unspecified atom stereocenters. The summed E-state index contributed by atoms with van der Waals surface area (Å²) < 4.78 is 40.3. The zero-order valence-electron chi connectivity index (χ0n) is 13.6. The van der Waals surface area contributed by atoms with Crippen LogP contribution in [0.25, 0.3) is 0 Å². The topological polar surface area (TPSA) is 46.9 Å². The van der Waals surface area contributed by atoms with Crippen LogP contribution in [0.1, 0.15) is 54.6 Å². The minimum atomic E-state index is -4.58. The van der Waals surface area contributed by atoms with Crippen molar-refractivity contribution in [3.63, 3.8) is 0 Å². The van der Waals surface area contributed by atoms with Gasteiger partial charge in [-0.05, 0) is 62.2 Å². The van der Waals surface area contributed by atoms with Crippen molar-refractivity contribution in [2.24, 2.45) is 30.7 Å². The third-order valence-electron chi connectivity index (χ3n) is 6.32. The van der Waals surface area contributed by atoms with Crippen LogP contribution in [0.2, 0.25) is 0 Å². The zero-order valence-corrected chi connectivity index (χ0v) is 13.6. The molecule has 0 spiro atoms. The monoisotopic (exact) mass is 341 g/mol. The smallest absolute Gasteiger partial charge is 0.349 e. The Kier molecular flexibility index (Phi) is 3.65. The van der Waals surface area contributed by atoms with E-state index in [-0.39, 0.29) is 11.6 Å². The number of halogens is 3. The molecule has 4 rings (SSSR count). The van der Waals surface area contributed by atoms with Crippen LogP contribution in [0.3, 0.4) is 0 Å². The lowest BCUT2D eigenvalue weighted by Gasteiger charge is -2.27. The SMILES string of the molecule is Cn1ncc(C(=O)NC2CCC3CC4CC(C3)C2C4)c1C(F)(F)F. The quantitative estimate of drug-likeness (QED) is 0.896. The van der Waals surface area contributed by atoms with Crippen LogP contribution in [0.15, 0.2) is 6.20 Å². The molecule has 0 aromatic carbocycles. The number of rotatable bonds is 2. The lowest BCUT2D eigenvalue weighted by Crippen LogP contribution is -2.41. The first-order valence-electron chi connectivity index (χ1n) is 8.73. The van der Waals surface area contributed by atoms with Gasteiger partial charge in [-0.3, -0.25) is 9.48 Å². The standard InChI is InChI=1S/C17H22F3N3O/c1-23-15(17(18,19)20)13(8-21-23)16(24)22-14-3-2-9-4-10-6-11(5-9)12(14)7-10/h8-12,14H,2-7H2,1H3,(H,22,24). The normalized spacial score (nSPS) is 35.1. The van der Waals surface area contributed by atoms with Crippen LogP contribution in [-0.2, 0) is 13.2 Å². The minimum Gasteiger partial charge on any atom is -0.349 e. The Morgan fingerprint density at radius 3 is 2.71 bits per heavy atom. The number of alkyl halides is 3. The van der Waals surface area contributed by atoms with E-state index in [2.05, 4.69) is 10.4 Å². The van der Waals surface area contributed by atoms with Gasteiger partial charge < -0.3 is 5.32 Å². The van der Waals surface area contributed by atoms with E-state index in [1.54, 1.807) is 0 Å². The molecule has 1 N–H and O–H groups in total. The maximum atomic E-state index is 13.2. The molecule has 0 aliphatic heterocycles. The molecule has 0 radical (unpaired) electrons. The summed E-state index contributed by atoms with van der Waals surface area (Å²) in [5.41, 5.74) is -1.34. The van der Waals surface area contributed by atoms with E-state index in [1.165, 1.54) is 26.3 Å². The largest absolute Gasteiger partial charge is 0.433 e. The van der Waals surface area contributed by atoms with Gasteiger partial charge in [-0.15, -0.1) is 0 Å². The summed E-state index contributed by atoms with van der Waals surface area (Å²) >= 11 is 0. The van der Waals surface area contributed by atoms with Crippen molar-refractivity contribution in [2.45, 2.75) is 50.7 Å². The molecule has 5 atom stereocenters. The Bertz CT molecular complexity index is 654. The molecule has 1 heterocycles. The first kappa shape index (κ1) is 16.0. The number of nitrogens with one attached hydrogen (secondary N) is 1. The van der Waals surface area contributed by atoms with E-state index in [0.717, 1.165) is 42.0 Å². The van der Waals surface area contributed by atoms with Crippen molar-refractivity contribution in [1.82, 2.24) is 15.1 Å². The maximum absolute atomic E-state index is 13.2. The van der Waals surface area contributed by atoms with Gasteiger partial charge in [0.05, 0.1) is 11.8 Å². The van der Waals surface area contributed by atoms with Crippen LogP contribution >= 0.6 is 0 Å². The second kappa shape index (κ2) is 5.49. The third-order valence-corrected chi connectivity index (χ3v) is 6.32. The Morgan fingerprint density at radius 2 is 1.96 bits per heavy atom. The predicted molar refractivity (Wildman–Crippen MR) is 81.1 cm³/mol. The van der Waals surface area contributed by atoms with Crippen molar-refractivity contribution >= 4 is 5.91 Å².